The average Bonchev–Trinajstić information content (AvgIpc) is 2.62. The lowest BCUT2D eigenvalue weighted by atomic mass is 10.2. The summed E-state index contributed by atoms with van der Waals surface area (Å²) in [5.74, 6) is 5.58. The highest BCUT2D eigenvalue weighted by Gasteiger charge is 2.34. The second kappa shape index (κ2) is 3.59. The van der Waals surface area contributed by atoms with Gasteiger partial charge in [-0.05, 0) is 13.8 Å². The molecule has 0 atom stereocenters. The van der Waals surface area contributed by atoms with Crippen LogP contribution in [0.1, 0.15) is 17.0 Å². The zero-order chi connectivity index (χ0) is 12.8. The highest BCUT2D eigenvalue weighted by atomic mass is 19.4. The van der Waals surface area contributed by atoms with Gasteiger partial charge in [0.25, 0.3) is 0 Å². The summed E-state index contributed by atoms with van der Waals surface area (Å²) in [5, 5.41) is 3.44. The lowest BCUT2D eigenvalue weighted by Gasteiger charge is -2.09. The van der Waals surface area contributed by atoms with Crippen molar-refractivity contribution in [3.8, 4) is 0 Å². The van der Waals surface area contributed by atoms with Crippen LogP contribution >= 0.6 is 0 Å². The van der Waals surface area contributed by atoms with E-state index < -0.39 is 11.9 Å². The van der Waals surface area contributed by atoms with Gasteiger partial charge in [0.1, 0.15) is 5.82 Å². The minimum atomic E-state index is -4.50. The number of hydrogen-bond acceptors (Lipinski definition) is 4. The number of alkyl halides is 3. The van der Waals surface area contributed by atoms with Crippen molar-refractivity contribution in [2.45, 2.75) is 20.0 Å². The smallest absolute Gasteiger partial charge is 0.308 e. The monoisotopic (exact) mass is 245 g/mol. The molecule has 92 valence electrons. The second-order valence-corrected chi connectivity index (χ2v) is 3.61. The summed E-state index contributed by atoms with van der Waals surface area (Å²) < 4.78 is 38.6. The van der Waals surface area contributed by atoms with Gasteiger partial charge in [-0.1, -0.05) is 0 Å². The molecule has 0 saturated heterocycles. The Morgan fingerprint density at radius 2 is 2.00 bits per heavy atom. The Hall–Kier alpha value is -1.83. The van der Waals surface area contributed by atoms with Gasteiger partial charge in [-0.15, -0.1) is 0 Å². The minimum Gasteiger partial charge on any atom is -0.308 e. The molecule has 2 rings (SSSR count). The van der Waals surface area contributed by atoms with Crippen molar-refractivity contribution in [2.75, 3.05) is 5.43 Å². The Labute approximate surface area is 94.4 Å². The van der Waals surface area contributed by atoms with Gasteiger partial charge in [-0.25, -0.2) is 10.8 Å². The molecule has 2 aromatic rings. The predicted molar refractivity (Wildman–Crippen MR) is 55.3 cm³/mol. The molecule has 0 bridgehead atoms. The average molecular weight is 245 g/mol. The number of aryl methyl sites for hydroxylation is 1. The van der Waals surface area contributed by atoms with Crippen LogP contribution in [0.15, 0.2) is 6.07 Å². The normalized spacial score (nSPS) is 12.1. The molecule has 2 heterocycles. The number of nitrogens with zero attached hydrogens (tertiary/aromatic N) is 3. The number of nitrogens with two attached hydrogens (primary N) is 1. The summed E-state index contributed by atoms with van der Waals surface area (Å²) in [6, 6.07) is 0.882. The van der Waals surface area contributed by atoms with Crippen molar-refractivity contribution >= 4 is 11.5 Å². The first kappa shape index (κ1) is 11.6. The van der Waals surface area contributed by atoms with Gasteiger partial charge in [-0.3, -0.25) is 0 Å². The maximum absolute atomic E-state index is 12.5. The van der Waals surface area contributed by atoms with E-state index in [2.05, 4.69) is 15.5 Å². The number of nitrogen functional groups attached to an aromatic ring is 1. The lowest BCUT2D eigenvalue weighted by Crippen LogP contribution is -2.15. The Bertz CT molecular complexity index is 572. The van der Waals surface area contributed by atoms with Gasteiger partial charge in [-0.2, -0.15) is 22.8 Å². The molecule has 3 N–H and O–H groups in total. The molecule has 2 aromatic heterocycles. The van der Waals surface area contributed by atoms with Crippen molar-refractivity contribution in [1.82, 2.24) is 14.6 Å². The van der Waals surface area contributed by atoms with Crippen LogP contribution in [0.25, 0.3) is 5.65 Å². The zero-order valence-electron chi connectivity index (χ0n) is 9.13. The topological polar surface area (TPSA) is 68.2 Å². The molecule has 17 heavy (non-hydrogen) atoms. The van der Waals surface area contributed by atoms with E-state index in [1.165, 1.54) is 0 Å². The molecule has 8 heteroatoms. The summed E-state index contributed by atoms with van der Waals surface area (Å²) in [4.78, 5) is 4.02. The molecule has 0 fully saturated rings. The standard InChI is InChI=1S/C9H10F3N5/c1-4-5(2)14-7-3-6(9(10,11)12)16-17(7)8(4)15-13/h3,15H,13H2,1-2H3. The Morgan fingerprint density at radius 3 is 2.53 bits per heavy atom. The van der Waals surface area contributed by atoms with Crippen LogP contribution in [0.4, 0.5) is 19.0 Å². The largest absolute Gasteiger partial charge is 0.435 e. The van der Waals surface area contributed by atoms with Crippen LogP contribution in [0, 0.1) is 13.8 Å². The molecular weight excluding hydrogens is 235 g/mol. The molecule has 0 amide bonds. The van der Waals surface area contributed by atoms with Crippen LogP contribution in [0.3, 0.4) is 0 Å². The zero-order valence-corrected chi connectivity index (χ0v) is 9.13. The Morgan fingerprint density at radius 1 is 1.35 bits per heavy atom. The number of hydrogen-bond donors (Lipinski definition) is 2. The lowest BCUT2D eigenvalue weighted by molar-refractivity contribution is -0.141. The van der Waals surface area contributed by atoms with Gasteiger partial charge >= 0.3 is 6.18 Å². The molecule has 5 nitrogen and oxygen atoms in total. The van der Waals surface area contributed by atoms with E-state index in [-0.39, 0.29) is 5.65 Å². The summed E-state index contributed by atoms with van der Waals surface area (Å²) in [5.41, 5.74) is 2.69. The van der Waals surface area contributed by atoms with E-state index in [0.29, 0.717) is 17.1 Å². The van der Waals surface area contributed by atoms with Gasteiger partial charge < -0.3 is 5.43 Å². The highest BCUT2D eigenvalue weighted by molar-refractivity contribution is 5.55. The number of fused-ring (bicyclic) bond motifs is 1. The molecule has 0 aliphatic heterocycles. The maximum atomic E-state index is 12.5. The van der Waals surface area contributed by atoms with E-state index >= 15 is 0 Å². The van der Waals surface area contributed by atoms with Crippen LogP contribution in [0.2, 0.25) is 0 Å². The fourth-order valence-corrected chi connectivity index (χ4v) is 1.51. The van der Waals surface area contributed by atoms with E-state index in [1.54, 1.807) is 13.8 Å². The minimum absolute atomic E-state index is 0.105. The van der Waals surface area contributed by atoms with E-state index in [1.807, 2.05) is 0 Å². The molecule has 0 aromatic carbocycles. The van der Waals surface area contributed by atoms with Crippen molar-refractivity contribution in [3.05, 3.63) is 23.0 Å². The third-order valence-electron chi connectivity index (χ3n) is 2.51. The van der Waals surface area contributed by atoms with E-state index in [0.717, 1.165) is 10.6 Å². The number of anilines is 1. The number of aromatic nitrogens is 3. The third-order valence-corrected chi connectivity index (χ3v) is 2.51. The molecule has 0 saturated carbocycles. The van der Waals surface area contributed by atoms with Gasteiger partial charge in [0, 0.05) is 17.3 Å². The third kappa shape index (κ3) is 1.80. The first-order chi connectivity index (χ1) is 7.84. The summed E-state index contributed by atoms with van der Waals surface area (Å²) in [6.07, 6.45) is -4.50. The number of nitrogens with one attached hydrogen (secondary N) is 1. The molecule has 0 unspecified atom stereocenters. The van der Waals surface area contributed by atoms with E-state index in [4.69, 9.17) is 5.84 Å². The SMILES string of the molecule is Cc1nc2cc(C(F)(F)F)nn2c(NN)c1C. The van der Waals surface area contributed by atoms with Crippen molar-refractivity contribution in [2.24, 2.45) is 5.84 Å². The first-order valence-corrected chi connectivity index (χ1v) is 4.75. The molecule has 0 spiro atoms. The van der Waals surface area contributed by atoms with Gasteiger partial charge in [0.05, 0.1) is 0 Å². The number of halogens is 3. The second-order valence-electron chi connectivity index (χ2n) is 3.61. The van der Waals surface area contributed by atoms with Gasteiger partial charge in [0.15, 0.2) is 11.3 Å². The highest BCUT2D eigenvalue weighted by Crippen LogP contribution is 2.30. The van der Waals surface area contributed by atoms with Crippen molar-refractivity contribution in [3.63, 3.8) is 0 Å². The Kier molecular flexibility index (Phi) is 2.46. The van der Waals surface area contributed by atoms with Crippen LogP contribution in [0.5, 0.6) is 0 Å². The van der Waals surface area contributed by atoms with E-state index in [9.17, 15) is 13.2 Å². The predicted octanol–water partition coefficient (Wildman–Crippen LogP) is 1.65. The first-order valence-electron chi connectivity index (χ1n) is 4.75. The maximum Gasteiger partial charge on any atom is 0.435 e. The van der Waals surface area contributed by atoms with Crippen LogP contribution in [-0.2, 0) is 6.18 Å². The number of rotatable bonds is 1. The molecule has 0 radical (unpaired) electrons. The molecule has 0 aliphatic carbocycles. The van der Waals surface area contributed by atoms with Crippen molar-refractivity contribution in [1.29, 1.82) is 0 Å². The van der Waals surface area contributed by atoms with Crippen LogP contribution < -0.4 is 11.3 Å². The summed E-state index contributed by atoms with van der Waals surface area (Å²) in [6.45, 7) is 3.39. The number of hydrazine groups is 1. The fraction of sp³-hybridized carbons (Fsp3) is 0.333. The molecule has 0 aliphatic rings. The quantitative estimate of drug-likeness (QED) is 0.592. The van der Waals surface area contributed by atoms with Crippen LogP contribution in [-0.4, -0.2) is 14.6 Å². The van der Waals surface area contributed by atoms with Crippen molar-refractivity contribution < 1.29 is 13.2 Å². The summed E-state index contributed by atoms with van der Waals surface area (Å²) in [7, 11) is 0. The Balaban J connectivity index is 2.77. The summed E-state index contributed by atoms with van der Waals surface area (Å²) >= 11 is 0. The van der Waals surface area contributed by atoms with Gasteiger partial charge in [0.2, 0.25) is 0 Å². The fourth-order valence-electron chi connectivity index (χ4n) is 1.51. The molecular formula is C9H10F3N5.